The van der Waals surface area contributed by atoms with E-state index in [9.17, 15) is 36.3 Å². The molecule has 1 fully saturated rings. The number of rotatable bonds is 10. The van der Waals surface area contributed by atoms with Gasteiger partial charge in [-0.05, 0) is 78.1 Å². The van der Waals surface area contributed by atoms with Crippen LogP contribution in [0.25, 0.3) is 11.1 Å². The lowest BCUT2D eigenvalue weighted by atomic mass is 9.96. The third-order valence-corrected chi connectivity index (χ3v) is 10.6. The van der Waals surface area contributed by atoms with Crippen LogP contribution in [-0.2, 0) is 37.6 Å². The third-order valence-electron chi connectivity index (χ3n) is 8.48. The van der Waals surface area contributed by atoms with Gasteiger partial charge in [-0.25, -0.2) is 8.42 Å². The third kappa shape index (κ3) is 6.27. The molecule has 1 atom stereocenters. The van der Waals surface area contributed by atoms with Crippen molar-refractivity contribution in [2.45, 2.75) is 41.8 Å². The van der Waals surface area contributed by atoms with Gasteiger partial charge in [0.2, 0.25) is 5.91 Å². The second-order valence-corrected chi connectivity index (χ2v) is 13.6. The second kappa shape index (κ2) is 12.2. The molecule has 2 aliphatic rings. The van der Waals surface area contributed by atoms with Gasteiger partial charge in [0, 0.05) is 17.0 Å². The summed E-state index contributed by atoms with van der Waals surface area (Å²) in [4.78, 5) is 24.8. The number of nitrogens with one attached hydrogen (secondary N) is 1. The molecule has 13 heteroatoms. The van der Waals surface area contributed by atoms with Gasteiger partial charge in [0.15, 0.2) is 0 Å². The first-order valence-electron chi connectivity index (χ1n) is 14.7. The van der Waals surface area contributed by atoms with Crippen LogP contribution in [0.5, 0.6) is 5.75 Å². The van der Waals surface area contributed by atoms with E-state index in [1.54, 1.807) is 48.5 Å². The molecule has 1 heterocycles. The molecule has 1 saturated carbocycles. The number of carboxylic acid groups (broad SMARTS) is 1. The maximum Gasteiger partial charge on any atom is 0.416 e. The predicted molar refractivity (Wildman–Crippen MR) is 169 cm³/mol. The SMILES string of the molecule is O=C(NCCOc1ccc(C2(C(=O)O)CC2)cc1)[C@@H]1Cc2ccccc2N1S(=O)(=O)c1ccc(-c2cc(C(F)(F)F)ccc2Cl)cc1. The molecule has 0 unspecified atom stereocenters. The number of hydrogen-bond acceptors (Lipinski definition) is 5. The minimum absolute atomic E-state index is 0.0737. The number of carboxylic acids is 1. The van der Waals surface area contributed by atoms with E-state index in [0.717, 1.165) is 22.5 Å². The summed E-state index contributed by atoms with van der Waals surface area (Å²) in [6.45, 7) is 0.161. The highest BCUT2D eigenvalue weighted by Gasteiger charge is 2.51. The summed E-state index contributed by atoms with van der Waals surface area (Å²) in [6, 6.07) is 20.7. The van der Waals surface area contributed by atoms with E-state index in [-0.39, 0.29) is 35.1 Å². The number of benzene rings is 4. The van der Waals surface area contributed by atoms with Crippen LogP contribution in [0.1, 0.15) is 29.5 Å². The Morgan fingerprint density at radius 1 is 0.979 bits per heavy atom. The molecule has 0 saturated heterocycles. The van der Waals surface area contributed by atoms with Crippen LogP contribution in [0.4, 0.5) is 18.9 Å². The number of nitrogens with zero attached hydrogens (tertiary/aromatic N) is 1. The van der Waals surface area contributed by atoms with Crippen LogP contribution in [-0.4, -0.2) is 44.6 Å². The summed E-state index contributed by atoms with van der Waals surface area (Å²) in [5, 5.41) is 12.3. The molecular formula is C34H28ClF3N2O6S. The lowest BCUT2D eigenvalue weighted by Gasteiger charge is -2.26. The van der Waals surface area contributed by atoms with Gasteiger partial charge < -0.3 is 15.2 Å². The van der Waals surface area contributed by atoms with Crippen LogP contribution in [0.15, 0.2) is 95.9 Å². The Balaban J connectivity index is 1.15. The normalized spacial score (nSPS) is 16.8. The maximum absolute atomic E-state index is 14.0. The van der Waals surface area contributed by atoms with Crippen molar-refractivity contribution in [2.24, 2.45) is 0 Å². The molecule has 0 aromatic heterocycles. The minimum Gasteiger partial charge on any atom is -0.492 e. The molecule has 8 nitrogen and oxygen atoms in total. The second-order valence-electron chi connectivity index (χ2n) is 11.4. The van der Waals surface area contributed by atoms with E-state index in [1.807, 2.05) is 0 Å². The Morgan fingerprint density at radius 3 is 2.30 bits per heavy atom. The van der Waals surface area contributed by atoms with E-state index in [1.165, 1.54) is 24.3 Å². The van der Waals surface area contributed by atoms with E-state index in [2.05, 4.69) is 5.32 Å². The van der Waals surface area contributed by atoms with Gasteiger partial charge in [0.05, 0.1) is 28.1 Å². The standard InChI is InChI=1S/C34H28ClF3N2O6S/c35-28-14-9-24(34(36,37)38)20-27(28)21-5-12-26(13-6-21)47(44,45)40-29-4-2-1-3-22(29)19-30(40)31(41)39-17-18-46-25-10-7-23(8-11-25)33(15-16-33)32(42)43/h1-14,20,30H,15-19H2,(H,39,41)(H,42,43)/t30-/m0/s1. The quantitative estimate of drug-likeness (QED) is 0.186. The molecule has 4 aromatic rings. The number of aliphatic carboxylic acids is 1. The van der Waals surface area contributed by atoms with Crippen molar-refractivity contribution in [3.05, 3.63) is 113 Å². The lowest BCUT2D eigenvalue weighted by molar-refractivity contribution is -0.140. The molecule has 2 N–H and O–H groups in total. The van der Waals surface area contributed by atoms with Crippen molar-refractivity contribution in [3.8, 4) is 16.9 Å². The van der Waals surface area contributed by atoms with Crippen LogP contribution in [0.2, 0.25) is 5.02 Å². The van der Waals surface area contributed by atoms with Crippen molar-refractivity contribution in [3.63, 3.8) is 0 Å². The summed E-state index contributed by atoms with van der Waals surface area (Å²) in [5.74, 6) is -0.888. The van der Waals surface area contributed by atoms with Gasteiger partial charge >= 0.3 is 12.1 Å². The maximum atomic E-state index is 14.0. The van der Waals surface area contributed by atoms with Gasteiger partial charge in [-0.15, -0.1) is 0 Å². The van der Waals surface area contributed by atoms with E-state index < -0.39 is 45.1 Å². The van der Waals surface area contributed by atoms with E-state index >= 15 is 0 Å². The van der Waals surface area contributed by atoms with Crippen LogP contribution >= 0.6 is 11.6 Å². The highest BCUT2D eigenvalue weighted by molar-refractivity contribution is 7.93. The van der Waals surface area contributed by atoms with E-state index in [0.29, 0.717) is 41.0 Å². The first-order valence-corrected chi connectivity index (χ1v) is 16.5. The number of halogens is 4. The van der Waals surface area contributed by atoms with Crippen molar-refractivity contribution in [1.29, 1.82) is 0 Å². The molecule has 0 spiro atoms. The zero-order valence-corrected chi connectivity index (χ0v) is 26.2. The largest absolute Gasteiger partial charge is 0.492 e. The average Bonchev–Trinajstić information content (AvgIpc) is 3.77. The van der Waals surface area contributed by atoms with E-state index in [4.69, 9.17) is 16.3 Å². The first-order chi connectivity index (χ1) is 22.3. The number of anilines is 1. The summed E-state index contributed by atoms with van der Waals surface area (Å²) < 4.78 is 74.6. The molecule has 6 rings (SSSR count). The van der Waals surface area contributed by atoms with Gasteiger partial charge in [0.25, 0.3) is 10.0 Å². The number of sulfonamides is 1. The van der Waals surface area contributed by atoms with Crippen molar-refractivity contribution >= 4 is 39.2 Å². The number of carbonyl (C=O) groups is 2. The molecule has 1 amide bonds. The average molecular weight is 685 g/mol. The fourth-order valence-corrected chi connectivity index (χ4v) is 7.65. The summed E-state index contributed by atoms with van der Waals surface area (Å²) >= 11 is 6.18. The molecule has 0 radical (unpaired) electrons. The fourth-order valence-electron chi connectivity index (χ4n) is 5.78. The summed E-state index contributed by atoms with van der Waals surface area (Å²) in [6.07, 6.45) is -3.27. The Morgan fingerprint density at radius 2 is 1.66 bits per heavy atom. The molecule has 47 heavy (non-hydrogen) atoms. The Bertz CT molecular complexity index is 1950. The monoisotopic (exact) mass is 684 g/mol. The number of fused-ring (bicyclic) bond motifs is 1. The Kier molecular flexibility index (Phi) is 8.43. The number of para-hydroxylation sites is 1. The number of ether oxygens (including phenoxy) is 1. The molecular weight excluding hydrogens is 657 g/mol. The molecule has 0 bridgehead atoms. The van der Waals surface area contributed by atoms with Gasteiger partial charge in [-0.1, -0.05) is 54.1 Å². The van der Waals surface area contributed by atoms with Gasteiger partial charge in [-0.2, -0.15) is 13.2 Å². The predicted octanol–water partition coefficient (Wildman–Crippen LogP) is 6.46. The highest BCUT2D eigenvalue weighted by atomic mass is 35.5. The lowest BCUT2D eigenvalue weighted by Crippen LogP contribution is -2.48. The topological polar surface area (TPSA) is 113 Å². The Hall–Kier alpha value is -4.55. The number of alkyl halides is 3. The fraction of sp³-hybridized carbons (Fsp3) is 0.235. The number of carbonyl (C=O) groups excluding carboxylic acids is 1. The summed E-state index contributed by atoms with van der Waals surface area (Å²) in [5.41, 5.74) is 0.400. The van der Waals surface area contributed by atoms with Crippen molar-refractivity contribution < 1.29 is 41.0 Å². The molecule has 244 valence electrons. The van der Waals surface area contributed by atoms with Crippen molar-refractivity contribution in [1.82, 2.24) is 5.32 Å². The summed E-state index contributed by atoms with van der Waals surface area (Å²) in [7, 11) is -4.29. The molecule has 1 aliphatic heterocycles. The molecule has 1 aliphatic carbocycles. The smallest absolute Gasteiger partial charge is 0.416 e. The minimum atomic E-state index is -4.58. The zero-order valence-electron chi connectivity index (χ0n) is 24.6. The van der Waals surface area contributed by atoms with Gasteiger partial charge in [0.1, 0.15) is 18.4 Å². The van der Waals surface area contributed by atoms with Gasteiger partial charge in [-0.3, -0.25) is 13.9 Å². The first kappa shape index (κ1) is 32.4. The highest BCUT2D eigenvalue weighted by Crippen LogP contribution is 2.48. The number of hydrogen-bond donors (Lipinski definition) is 2. The van der Waals surface area contributed by atoms with Crippen molar-refractivity contribution in [2.75, 3.05) is 17.5 Å². The zero-order chi connectivity index (χ0) is 33.6. The van der Waals surface area contributed by atoms with Crippen LogP contribution in [0, 0.1) is 0 Å². The van der Waals surface area contributed by atoms with Crippen LogP contribution < -0.4 is 14.4 Å². The Labute approximate surface area is 273 Å². The molecule has 4 aromatic carbocycles. The van der Waals surface area contributed by atoms with Crippen LogP contribution in [0.3, 0.4) is 0 Å². The number of amides is 1.